The molecule has 4 aromatic rings. The van der Waals surface area contributed by atoms with Gasteiger partial charge in [-0.1, -0.05) is 54.9 Å². The van der Waals surface area contributed by atoms with Gasteiger partial charge >= 0.3 is 0 Å². The van der Waals surface area contributed by atoms with E-state index in [1.807, 2.05) is 37.5 Å². The van der Waals surface area contributed by atoms with Gasteiger partial charge in [0.15, 0.2) is 9.84 Å². The van der Waals surface area contributed by atoms with Gasteiger partial charge in [0, 0.05) is 35.4 Å². The van der Waals surface area contributed by atoms with Gasteiger partial charge in [-0.15, -0.1) is 0 Å². The molecule has 7 heteroatoms. The first kappa shape index (κ1) is 22.1. The lowest BCUT2D eigenvalue weighted by molar-refractivity contribution is -0.115. The number of amides is 1. The van der Waals surface area contributed by atoms with E-state index in [1.54, 1.807) is 25.1 Å². The largest absolute Gasteiger partial charge is 0.350 e. The number of aromatic nitrogens is 1. The summed E-state index contributed by atoms with van der Waals surface area (Å²) in [7, 11) is -1.25. The molecule has 0 unspecified atom stereocenters. The Bertz CT molecular complexity index is 1410. The summed E-state index contributed by atoms with van der Waals surface area (Å²) >= 11 is 6.58. The van der Waals surface area contributed by atoms with Crippen molar-refractivity contribution in [2.24, 2.45) is 7.05 Å². The Morgan fingerprint density at radius 1 is 1.00 bits per heavy atom. The molecule has 0 aliphatic heterocycles. The number of carbonyl (C=O) groups is 1. The first-order valence-corrected chi connectivity index (χ1v) is 12.3. The lowest BCUT2D eigenvalue weighted by Gasteiger charge is -2.11. The van der Waals surface area contributed by atoms with Crippen molar-refractivity contribution in [3.63, 3.8) is 0 Å². The molecule has 0 radical (unpaired) electrons. The number of nitrogens with zero attached hydrogens (tertiary/aromatic N) is 1. The number of para-hydroxylation sites is 1. The first-order chi connectivity index (χ1) is 15.3. The van der Waals surface area contributed by atoms with E-state index in [1.165, 1.54) is 12.1 Å². The molecule has 0 atom stereocenters. The molecule has 3 aromatic carbocycles. The van der Waals surface area contributed by atoms with Gasteiger partial charge < -0.3 is 9.88 Å². The van der Waals surface area contributed by atoms with Crippen molar-refractivity contribution in [3.8, 4) is 11.1 Å². The van der Waals surface area contributed by atoms with Crippen LogP contribution in [0.4, 0.5) is 5.69 Å². The summed E-state index contributed by atoms with van der Waals surface area (Å²) < 4.78 is 25.9. The summed E-state index contributed by atoms with van der Waals surface area (Å²) in [6.07, 6.45) is 2.15. The van der Waals surface area contributed by atoms with Gasteiger partial charge in [-0.05, 0) is 35.9 Å². The lowest BCUT2D eigenvalue weighted by atomic mass is 10.0. The number of aryl methyl sites for hydroxylation is 1. The quantitative estimate of drug-likeness (QED) is 0.409. The lowest BCUT2D eigenvalue weighted by Crippen LogP contribution is -2.14. The van der Waals surface area contributed by atoms with Crippen LogP contribution in [0.25, 0.3) is 22.0 Å². The highest BCUT2D eigenvalue weighted by Crippen LogP contribution is 2.35. The predicted molar refractivity (Wildman–Crippen MR) is 130 cm³/mol. The summed E-state index contributed by atoms with van der Waals surface area (Å²) in [4.78, 5) is 12.8. The highest BCUT2D eigenvalue weighted by molar-refractivity contribution is 7.91. The molecule has 0 spiro atoms. The molecule has 4 rings (SSSR count). The maximum Gasteiger partial charge on any atom is 0.228 e. The zero-order valence-electron chi connectivity index (χ0n) is 17.8. The molecular weight excluding hydrogens is 444 g/mol. The molecule has 0 saturated heterocycles. The first-order valence-electron chi connectivity index (χ1n) is 10.2. The van der Waals surface area contributed by atoms with Gasteiger partial charge in [0.1, 0.15) is 0 Å². The normalized spacial score (nSPS) is 11.6. The maximum absolute atomic E-state index is 12.5. The minimum absolute atomic E-state index is 0.0438. The molecule has 1 aromatic heterocycles. The molecule has 0 fully saturated rings. The zero-order valence-corrected chi connectivity index (χ0v) is 19.4. The van der Waals surface area contributed by atoms with Gasteiger partial charge in [-0.25, -0.2) is 8.42 Å². The molecule has 1 N–H and O–H groups in total. The van der Waals surface area contributed by atoms with Crippen LogP contribution in [0.3, 0.4) is 0 Å². The van der Waals surface area contributed by atoms with Crippen molar-refractivity contribution in [2.75, 3.05) is 11.1 Å². The van der Waals surface area contributed by atoms with Gasteiger partial charge in [0.2, 0.25) is 5.91 Å². The van der Waals surface area contributed by atoms with Crippen LogP contribution in [-0.4, -0.2) is 24.6 Å². The molecule has 0 saturated carbocycles. The summed E-state index contributed by atoms with van der Waals surface area (Å²) in [5.74, 6) is -0.160. The number of halogens is 1. The average Bonchev–Trinajstić information content (AvgIpc) is 3.15. The molecule has 32 heavy (non-hydrogen) atoms. The van der Waals surface area contributed by atoms with Crippen molar-refractivity contribution in [3.05, 3.63) is 83.5 Å². The number of hydrogen-bond donors (Lipinski definition) is 1. The third kappa shape index (κ3) is 4.42. The second-order valence-electron chi connectivity index (χ2n) is 7.64. The Labute approximate surface area is 192 Å². The summed E-state index contributed by atoms with van der Waals surface area (Å²) in [6.45, 7) is 1.60. The SMILES string of the molecule is CCS(=O)(=O)c1ccc(CC(=O)Nc2ccc(-c3cccc4ccn(C)c34)c(Cl)c2)cc1. The Balaban J connectivity index is 1.50. The Hall–Kier alpha value is -3.09. The van der Waals surface area contributed by atoms with Gasteiger partial charge in [0.05, 0.1) is 27.6 Å². The van der Waals surface area contributed by atoms with Gasteiger partial charge in [0.25, 0.3) is 0 Å². The van der Waals surface area contributed by atoms with E-state index in [2.05, 4.69) is 22.0 Å². The van der Waals surface area contributed by atoms with Crippen molar-refractivity contribution >= 4 is 43.9 Å². The number of sulfone groups is 1. The Morgan fingerprint density at radius 3 is 2.44 bits per heavy atom. The molecule has 164 valence electrons. The van der Waals surface area contributed by atoms with E-state index in [-0.39, 0.29) is 23.0 Å². The standard InChI is InChI=1S/C25H23ClN2O3S/c1-3-32(30,31)20-10-7-17(8-11-20)15-24(29)27-19-9-12-21(23(26)16-19)22-6-4-5-18-13-14-28(2)25(18)22/h4-14,16H,3,15H2,1-2H3,(H,27,29). The summed E-state index contributed by atoms with van der Waals surface area (Å²) in [6, 6.07) is 20.0. The minimum Gasteiger partial charge on any atom is -0.350 e. The second-order valence-corrected chi connectivity index (χ2v) is 10.3. The Morgan fingerprint density at radius 2 is 1.75 bits per heavy atom. The van der Waals surface area contributed by atoms with Crippen LogP contribution in [0.1, 0.15) is 12.5 Å². The smallest absolute Gasteiger partial charge is 0.228 e. The van der Waals surface area contributed by atoms with Crippen molar-refractivity contribution in [1.82, 2.24) is 4.57 Å². The molecule has 0 bridgehead atoms. The van der Waals surface area contributed by atoms with Gasteiger partial charge in [-0.3, -0.25) is 4.79 Å². The molecule has 1 heterocycles. The number of carbonyl (C=O) groups excluding carboxylic acids is 1. The van der Waals surface area contributed by atoms with Gasteiger partial charge in [-0.2, -0.15) is 0 Å². The fourth-order valence-corrected chi connectivity index (χ4v) is 4.92. The van der Waals surface area contributed by atoms with E-state index in [0.717, 1.165) is 27.6 Å². The van der Waals surface area contributed by atoms with Crippen molar-refractivity contribution in [2.45, 2.75) is 18.2 Å². The minimum atomic E-state index is -3.25. The number of hydrogen-bond acceptors (Lipinski definition) is 3. The highest BCUT2D eigenvalue weighted by Gasteiger charge is 2.13. The van der Waals surface area contributed by atoms with Crippen LogP contribution < -0.4 is 5.32 Å². The third-order valence-corrected chi connectivity index (χ3v) is 7.53. The molecule has 5 nitrogen and oxygen atoms in total. The second kappa shape index (κ2) is 8.81. The predicted octanol–water partition coefficient (Wildman–Crippen LogP) is 5.47. The number of nitrogens with one attached hydrogen (secondary N) is 1. The topological polar surface area (TPSA) is 68.2 Å². The number of rotatable bonds is 6. The van der Waals surface area contributed by atoms with Crippen molar-refractivity contribution in [1.29, 1.82) is 0 Å². The maximum atomic E-state index is 12.5. The molecular formula is C25H23ClN2O3S. The van der Waals surface area contributed by atoms with Crippen LogP contribution in [-0.2, 0) is 28.1 Å². The Kier molecular flexibility index (Phi) is 6.09. The van der Waals surface area contributed by atoms with Crippen LogP contribution in [0.2, 0.25) is 5.02 Å². The third-order valence-electron chi connectivity index (χ3n) is 5.47. The molecule has 0 aliphatic rings. The molecule has 0 aliphatic carbocycles. The monoisotopic (exact) mass is 466 g/mol. The number of anilines is 1. The van der Waals surface area contributed by atoms with E-state index >= 15 is 0 Å². The van der Waals surface area contributed by atoms with Crippen molar-refractivity contribution < 1.29 is 13.2 Å². The fourth-order valence-electron chi connectivity index (χ4n) is 3.76. The molecule has 1 amide bonds. The zero-order chi connectivity index (χ0) is 22.9. The van der Waals surface area contributed by atoms with Crippen LogP contribution in [0.5, 0.6) is 0 Å². The summed E-state index contributed by atoms with van der Waals surface area (Å²) in [5, 5.41) is 4.54. The van der Waals surface area contributed by atoms with E-state index in [9.17, 15) is 13.2 Å². The summed E-state index contributed by atoms with van der Waals surface area (Å²) in [5.41, 5.74) is 4.35. The van der Waals surface area contributed by atoms with E-state index in [0.29, 0.717) is 10.7 Å². The fraction of sp³-hybridized carbons (Fsp3) is 0.160. The van der Waals surface area contributed by atoms with E-state index in [4.69, 9.17) is 11.6 Å². The highest BCUT2D eigenvalue weighted by atomic mass is 35.5. The average molecular weight is 467 g/mol. The van der Waals surface area contributed by atoms with Crippen LogP contribution >= 0.6 is 11.6 Å². The number of fused-ring (bicyclic) bond motifs is 1. The van der Waals surface area contributed by atoms with Crippen LogP contribution in [0, 0.1) is 0 Å². The van der Waals surface area contributed by atoms with Crippen LogP contribution in [0.15, 0.2) is 77.8 Å². The number of benzene rings is 3. The van der Waals surface area contributed by atoms with E-state index < -0.39 is 9.84 Å².